The highest BCUT2D eigenvalue weighted by Gasteiger charge is 2.26. The number of nitrogens with two attached hydrogens (primary N) is 1. The van der Waals surface area contributed by atoms with E-state index in [0.29, 0.717) is 23.3 Å². The molecule has 1 atom stereocenters. The maximum Gasteiger partial charge on any atom is 0.270 e. The van der Waals surface area contributed by atoms with Crippen molar-refractivity contribution in [3.8, 4) is 18.0 Å². The van der Waals surface area contributed by atoms with Crippen LogP contribution in [-0.4, -0.2) is 56.3 Å². The van der Waals surface area contributed by atoms with Crippen LogP contribution in [0.5, 0.6) is 0 Å². The zero-order valence-electron chi connectivity index (χ0n) is 14.5. The highest BCUT2D eigenvalue weighted by atomic mass is 32.1. The fourth-order valence-corrected chi connectivity index (χ4v) is 3.37. The summed E-state index contributed by atoms with van der Waals surface area (Å²) in [6, 6.07) is 7.29. The summed E-state index contributed by atoms with van der Waals surface area (Å²) in [7, 11) is 1.69. The summed E-state index contributed by atoms with van der Waals surface area (Å²) in [4.78, 5) is 27.7. The van der Waals surface area contributed by atoms with Crippen molar-refractivity contribution in [3.63, 3.8) is 0 Å². The van der Waals surface area contributed by atoms with Gasteiger partial charge < -0.3 is 15.7 Å². The summed E-state index contributed by atoms with van der Waals surface area (Å²) in [6.07, 6.45) is 5.25. The number of likely N-dealkylation sites (N-methyl/N-ethyl adjacent to an activating group) is 1. The number of carbonyl (C=O) groups is 2. The first-order valence-corrected chi connectivity index (χ1v) is 8.92. The second-order valence-electron chi connectivity index (χ2n) is 5.89. The molecule has 2 amide bonds. The minimum atomic E-state index is -0.722. The number of amides is 2. The summed E-state index contributed by atoms with van der Waals surface area (Å²) in [5.41, 5.74) is 9.28. The van der Waals surface area contributed by atoms with Crippen LogP contribution in [0.4, 0.5) is 0 Å². The Balaban J connectivity index is 0.000000221. The van der Waals surface area contributed by atoms with Crippen molar-refractivity contribution in [3.05, 3.63) is 41.0 Å². The Morgan fingerprint density at radius 3 is 2.81 bits per heavy atom. The number of likely N-dealkylation sites (tertiary alicyclic amines) is 1. The molecule has 1 aliphatic heterocycles. The molecule has 1 aliphatic rings. The molecule has 1 aromatic carbocycles. The molecule has 3 heterocycles. The normalized spacial score (nSPS) is 16.1. The fourth-order valence-electron chi connectivity index (χ4n) is 2.62. The van der Waals surface area contributed by atoms with Crippen molar-refractivity contribution < 1.29 is 14.7 Å². The van der Waals surface area contributed by atoms with Gasteiger partial charge in [-0.05, 0) is 24.6 Å². The van der Waals surface area contributed by atoms with Gasteiger partial charge in [0, 0.05) is 19.2 Å². The summed E-state index contributed by atoms with van der Waals surface area (Å²) in [5, 5.41) is 13.0. The molecule has 1 fully saturated rings. The molecule has 2 aromatic heterocycles. The van der Waals surface area contributed by atoms with E-state index < -0.39 is 12.0 Å². The van der Waals surface area contributed by atoms with Gasteiger partial charge in [0.05, 0.1) is 11.2 Å². The maximum absolute atomic E-state index is 11.4. The van der Waals surface area contributed by atoms with E-state index in [2.05, 4.69) is 16.0 Å². The van der Waals surface area contributed by atoms with E-state index in [4.69, 9.17) is 17.3 Å². The molecule has 3 aromatic rings. The molecule has 1 saturated heterocycles. The van der Waals surface area contributed by atoms with Crippen LogP contribution in [0.1, 0.15) is 22.5 Å². The van der Waals surface area contributed by atoms with Gasteiger partial charge in [-0.1, -0.05) is 12.0 Å². The monoisotopic (exact) mass is 383 g/mol. The number of aliphatic hydroxyl groups is 1. The number of aromatic nitrogens is 3. The van der Waals surface area contributed by atoms with Crippen LogP contribution in [0.15, 0.2) is 29.8 Å². The zero-order chi connectivity index (χ0) is 19.6. The second-order valence-corrected chi connectivity index (χ2v) is 6.74. The van der Waals surface area contributed by atoms with E-state index in [1.165, 1.54) is 16.2 Å². The molecule has 0 unspecified atom stereocenters. The van der Waals surface area contributed by atoms with Crippen LogP contribution >= 0.6 is 11.3 Å². The van der Waals surface area contributed by atoms with Crippen molar-refractivity contribution in [1.29, 1.82) is 0 Å². The van der Waals surface area contributed by atoms with E-state index in [-0.39, 0.29) is 11.6 Å². The van der Waals surface area contributed by atoms with E-state index in [0.717, 1.165) is 11.3 Å². The Labute approximate surface area is 159 Å². The quantitative estimate of drug-likeness (QED) is 0.635. The van der Waals surface area contributed by atoms with Crippen LogP contribution in [0, 0.1) is 12.3 Å². The number of rotatable bonds is 2. The van der Waals surface area contributed by atoms with Gasteiger partial charge in [-0.3, -0.25) is 9.59 Å². The van der Waals surface area contributed by atoms with Crippen molar-refractivity contribution in [2.24, 2.45) is 5.73 Å². The zero-order valence-corrected chi connectivity index (χ0v) is 15.3. The number of hydrogen-bond donors (Lipinski definition) is 2. The molecule has 8 nitrogen and oxygen atoms in total. The van der Waals surface area contributed by atoms with Gasteiger partial charge in [0.2, 0.25) is 0 Å². The molecule has 0 aliphatic carbocycles. The van der Waals surface area contributed by atoms with Crippen LogP contribution in [0.25, 0.3) is 16.0 Å². The number of benzene rings is 1. The minimum Gasteiger partial charge on any atom is -0.383 e. The number of primary amides is 1. The molecule has 138 valence electrons. The molecule has 0 radical (unpaired) electrons. The number of fused-ring (bicyclic) bond motifs is 1. The predicted molar refractivity (Wildman–Crippen MR) is 101 cm³/mol. The number of thiazole rings is 1. The average molecular weight is 383 g/mol. The fraction of sp³-hybridized carbons (Fsp3) is 0.222. The lowest BCUT2D eigenvalue weighted by molar-refractivity contribution is -0.133. The van der Waals surface area contributed by atoms with Gasteiger partial charge in [0.1, 0.15) is 10.8 Å². The molecule has 27 heavy (non-hydrogen) atoms. The first-order chi connectivity index (χ1) is 12.9. The molecule has 9 heteroatoms. The SMILES string of the molecule is C#Cc1cccc(-n2nc(C(N)=O)c3scnc32)c1.CN1CC[C@H](O)C1=O. The van der Waals surface area contributed by atoms with Gasteiger partial charge >= 0.3 is 0 Å². The number of nitrogens with zero attached hydrogens (tertiary/aromatic N) is 4. The van der Waals surface area contributed by atoms with E-state index in [1.807, 2.05) is 18.2 Å². The molecule has 0 saturated carbocycles. The first kappa shape index (κ1) is 18.6. The van der Waals surface area contributed by atoms with E-state index in [1.54, 1.807) is 23.3 Å². The number of terminal acetylenes is 1. The lowest BCUT2D eigenvalue weighted by Gasteiger charge is -2.04. The number of hydrogen-bond acceptors (Lipinski definition) is 6. The number of aliphatic hydroxyl groups excluding tert-OH is 1. The van der Waals surface area contributed by atoms with Crippen molar-refractivity contribution >= 4 is 33.5 Å². The largest absolute Gasteiger partial charge is 0.383 e. The topological polar surface area (TPSA) is 114 Å². The third-order valence-electron chi connectivity index (χ3n) is 4.05. The Morgan fingerprint density at radius 1 is 1.48 bits per heavy atom. The molecule has 0 bridgehead atoms. The van der Waals surface area contributed by atoms with Crippen LogP contribution in [-0.2, 0) is 4.79 Å². The Hall–Kier alpha value is -3.22. The van der Waals surface area contributed by atoms with Gasteiger partial charge in [0.25, 0.3) is 11.8 Å². The van der Waals surface area contributed by atoms with Crippen LogP contribution in [0.3, 0.4) is 0 Å². The van der Waals surface area contributed by atoms with E-state index in [9.17, 15) is 9.59 Å². The summed E-state index contributed by atoms with van der Waals surface area (Å²) in [5.74, 6) is 1.84. The summed E-state index contributed by atoms with van der Waals surface area (Å²) < 4.78 is 2.26. The highest BCUT2D eigenvalue weighted by molar-refractivity contribution is 7.17. The lowest BCUT2D eigenvalue weighted by atomic mass is 10.2. The second kappa shape index (κ2) is 7.57. The van der Waals surface area contributed by atoms with Crippen LogP contribution < -0.4 is 5.73 Å². The van der Waals surface area contributed by atoms with Gasteiger partial charge in [-0.15, -0.1) is 17.8 Å². The third-order valence-corrected chi connectivity index (χ3v) is 4.88. The van der Waals surface area contributed by atoms with Gasteiger partial charge in [-0.25, -0.2) is 9.67 Å². The average Bonchev–Trinajstić information content (AvgIpc) is 3.34. The van der Waals surface area contributed by atoms with E-state index >= 15 is 0 Å². The first-order valence-electron chi connectivity index (χ1n) is 8.04. The Kier molecular flexibility index (Phi) is 5.21. The van der Waals surface area contributed by atoms with Crippen molar-refractivity contribution in [1.82, 2.24) is 19.7 Å². The smallest absolute Gasteiger partial charge is 0.270 e. The predicted octanol–water partition coefficient (Wildman–Crippen LogP) is 0.772. The van der Waals surface area contributed by atoms with Crippen molar-refractivity contribution in [2.75, 3.05) is 13.6 Å². The lowest BCUT2D eigenvalue weighted by Crippen LogP contribution is -2.24. The summed E-state index contributed by atoms with van der Waals surface area (Å²) in [6.45, 7) is 0.694. The molecular weight excluding hydrogens is 366 g/mol. The van der Waals surface area contributed by atoms with Crippen molar-refractivity contribution in [2.45, 2.75) is 12.5 Å². The van der Waals surface area contributed by atoms with Gasteiger partial charge in [0.15, 0.2) is 11.3 Å². The molecule has 4 rings (SSSR count). The third kappa shape index (κ3) is 3.67. The standard InChI is InChI=1S/C13H8N4OS.C5H9NO2/c1-2-8-4-3-5-9(6-8)17-13-11(19-7-15-13)10(16-17)12(14)18;1-6-3-2-4(7)5(6)8/h1,3-7H,(H2,14,18);4,7H,2-3H2,1H3/t;4-/m.0/s1. The minimum absolute atomic E-state index is 0.148. The molecule has 3 N–H and O–H groups in total. The maximum atomic E-state index is 11.4. The van der Waals surface area contributed by atoms with Crippen LogP contribution in [0.2, 0.25) is 0 Å². The summed E-state index contributed by atoms with van der Waals surface area (Å²) >= 11 is 1.33. The Morgan fingerprint density at radius 2 is 2.26 bits per heavy atom. The molecular formula is C18H17N5O3S. The Bertz CT molecular complexity index is 1040. The molecule has 0 spiro atoms. The van der Waals surface area contributed by atoms with Gasteiger partial charge in [-0.2, -0.15) is 5.10 Å². The highest BCUT2D eigenvalue weighted by Crippen LogP contribution is 2.24. The number of carbonyl (C=O) groups excluding carboxylic acids is 2.